The van der Waals surface area contributed by atoms with Crippen molar-refractivity contribution >= 4 is 22.9 Å². The molecule has 5 heteroatoms. The molecule has 0 spiro atoms. The lowest BCUT2D eigenvalue weighted by Gasteiger charge is -2.01. The summed E-state index contributed by atoms with van der Waals surface area (Å²) in [5.74, 6) is 0.847. The molecule has 0 unspecified atom stereocenters. The summed E-state index contributed by atoms with van der Waals surface area (Å²) in [6.07, 6.45) is 4.49. The highest BCUT2D eigenvalue weighted by Crippen LogP contribution is 2.21. The summed E-state index contributed by atoms with van der Waals surface area (Å²) in [7, 11) is 1.66. The second-order valence-corrected chi connectivity index (χ2v) is 5.04. The van der Waals surface area contributed by atoms with Gasteiger partial charge in [-0.25, -0.2) is 4.98 Å². The molecule has 3 rings (SSSR count). The molecule has 3 aromatic rings. The van der Waals surface area contributed by atoms with Crippen LogP contribution in [0.1, 0.15) is 11.3 Å². The number of nitrogen functional groups attached to an aromatic ring is 1. The summed E-state index contributed by atoms with van der Waals surface area (Å²) in [5, 5.41) is 0.600. The number of anilines is 1. The van der Waals surface area contributed by atoms with E-state index in [0.717, 1.165) is 23.5 Å². The molecule has 4 nitrogen and oxygen atoms in total. The molecule has 102 valence electrons. The van der Waals surface area contributed by atoms with Gasteiger partial charge in [0.25, 0.3) is 0 Å². The second kappa shape index (κ2) is 5.06. The molecule has 2 N–H and O–H groups in total. The van der Waals surface area contributed by atoms with Crippen LogP contribution < -0.4 is 10.5 Å². The minimum atomic E-state index is 0.582. The second-order valence-electron chi connectivity index (χ2n) is 4.60. The van der Waals surface area contributed by atoms with E-state index in [1.54, 1.807) is 19.4 Å². The fraction of sp³-hybridized carbons (Fsp3) is 0.133. The standard InChI is InChI=1S/C15H14ClN3O/c1-20-13-4-2-10(3-5-13)6-12-9-19-8-11(16)7-14(17)15(19)18-12/h2-5,7-9H,6,17H2,1H3. The first-order valence-electron chi connectivity index (χ1n) is 6.21. The Hall–Kier alpha value is -2.20. The number of hydrogen-bond donors (Lipinski definition) is 1. The molecule has 0 atom stereocenters. The molecule has 2 aromatic heterocycles. The summed E-state index contributed by atoms with van der Waals surface area (Å²) >= 11 is 5.98. The van der Waals surface area contributed by atoms with Crippen LogP contribution >= 0.6 is 11.6 Å². The van der Waals surface area contributed by atoms with E-state index in [9.17, 15) is 0 Å². The summed E-state index contributed by atoms with van der Waals surface area (Å²) in [6.45, 7) is 0. The first-order chi connectivity index (χ1) is 9.65. The van der Waals surface area contributed by atoms with Crippen molar-refractivity contribution in [2.75, 3.05) is 12.8 Å². The van der Waals surface area contributed by atoms with Gasteiger partial charge < -0.3 is 14.9 Å². The van der Waals surface area contributed by atoms with Crippen LogP contribution in [0.3, 0.4) is 0 Å². The zero-order chi connectivity index (χ0) is 14.1. The van der Waals surface area contributed by atoms with E-state index in [2.05, 4.69) is 4.98 Å². The SMILES string of the molecule is COc1ccc(Cc2cn3cc(Cl)cc(N)c3n2)cc1. The maximum Gasteiger partial charge on any atom is 0.160 e. The van der Waals surface area contributed by atoms with Crippen LogP contribution in [0.5, 0.6) is 5.75 Å². The predicted octanol–water partition coefficient (Wildman–Crippen LogP) is 3.17. The van der Waals surface area contributed by atoms with Gasteiger partial charge in [-0.3, -0.25) is 0 Å². The van der Waals surface area contributed by atoms with Gasteiger partial charge in [-0.1, -0.05) is 23.7 Å². The maximum absolute atomic E-state index is 5.98. The molecule has 1 aromatic carbocycles. The van der Waals surface area contributed by atoms with Crippen molar-refractivity contribution in [2.45, 2.75) is 6.42 Å². The van der Waals surface area contributed by atoms with Crippen LogP contribution in [0.15, 0.2) is 42.7 Å². The minimum absolute atomic E-state index is 0.582. The Morgan fingerprint density at radius 2 is 2.00 bits per heavy atom. The van der Waals surface area contributed by atoms with Crippen LogP contribution in [0.4, 0.5) is 5.69 Å². The normalized spacial score (nSPS) is 10.9. The number of nitrogens with zero attached hydrogens (tertiary/aromatic N) is 2. The number of methoxy groups -OCH3 is 1. The van der Waals surface area contributed by atoms with Crippen LogP contribution in [-0.2, 0) is 6.42 Å². The van der Waals surface area contributed by atoms with Gasteiger partial charge in [0.1, 0.15) is 5.75 Å². The Morgan fingerprint density at radius 1 is 1.25 bits per heavy atom. The number of rotatable bonds is 3. The van der Waals surface area contributed by atoms with Crippen LogP contribution in [0.25, 0.3) is 5.65 Å². The molecule has 0 saturated heterocycles. The highest BCUT2D eigenvalue weighted by Gasteiger charge is 2.07. The Labute approximate surface area is 121 Å². The van der Waals surface area contributed by atoms with Crippen molar-refractivity contribution in [3.63, 3.8) is 0 Å². The number of imidazole rings is 1. The highest BCUT2D eigenvalue weighted by atomic mass is 35.5. The van der Waals surface area contributed by atoms with E-state index in [-0.39, 0.29) is 0 Å². The number of ether oxygens (including phenoxy) is 1. The zero-order valence-corrected chi connectivity index (χ0v) is 11.8. The van der Waals surface area contributed by atoms with E-state index < -0.39 is 0 Å². The van der Waals surface area contributed by atoms with E-state index in [4.69, 9.17) is 22.1 Å². The lowest BCUT2D eigenvalue weighted by molar-refractivity contribution is 0.414. The molecule has 0 fully saturated rings. The summed E-state index contributed by atoms with van der Waals surface area (Å²) in [4.78, 5) is 4.54. The molecule has 0 amide bonds. The summed E-state index contributed by atoms with van der Waals surface area (Å²) < 4.78 is 7.00. The molecular formula is C15H14ClN3O. The van der Waals surface area contributed by atoms with Gasteiger partial charge >= 0.3 is 0 Å². The van der Waals surface area contributed by atoms with E-state index in [1.807, 2.05) is 34.9 Å². The van der Waals surface area contributed by atoms with E-state index in [1.165, 1.54) is 5.56 Å². The number of hydrogen-bond acceptors (Lipinski definition) is 3. The average molecular weight is 288 g/mol. The van der Waals surface area contributed by atoms with E-state index >= 15 is 0 Å². The summed E-state index contributed by atoms with van der Waals surface area (Å²) in [5.41, 5.74) is 9.35. The molecule has 0 saturated carbocycles. The van der Waals surface area contributed by atoms with Crippen molar-refractivity contribution in [1.29, 1.82) is 0 Å². The number of halogens is 1. The Kier molecular flexibility index (Phi) is 3.24. The number of aromatic nitrogens is 2. The molecule has 0 radical (unpaired) electrons. The molecule has 0 aliphatic rings. The smallest absolute Gasteiger partial charge is 0.160 e. The minimum Gasteiger partial charge on any atom is -0.497 e. The van der Waals surface area contributed by atoms with Gasteiger partial charge in [-0.2, -0.15) is 0 Å². The number of fused-ring (bicyclic) bond motifs is 1. The molecule has 0 aliphatic heterocycles. The molecule has 20 heavy (non-hydrogen) atoms. The topological polar surface area (TPSA) is 52.5 Å². The van der Waals surface area contributed by atoms with Crippen molar-refractivity contribution in [3.05, 3.63) is 59.0 Å². The van der Waals surface area contributed by atoms with Gasteiger partial charge in [0.15, 0.2) is 5.65 Å². The van der Waals surface area contributed by atoms with Crippen molar-refractivity contribution in [2.24, 2.45) is 0 Å². The third-order valence-corrected chi connectivity index (χ3v) is 3.35. The fourth-order valence-electron chi connectivity index (χ4n) is 2.18. The van der Waals surface area contributed by atoms with Crippen LogP contribution in [0, 0.1) is 0 Å². The van der Waals surface area contributed by atoms with Gasteiger partial charge in [0, 0.05) is 18.8 Å². The first kappa shape index (κ1) is 12.8. The molecule has 2 heterocycles. The Bertz CT molecular complexity index is 750. The molecule has 0 bridgehead atoms. The zero-order valence-electron chi connectivity index (χ0n) is 11.0. The summed E-state index contributed by atoms with van der Waals surface area (Å²) in [6, 6.07) is 9.64. The maximum atomic E-state index is 5.98. The van der Waals surface area contributed by atoms with Gasteiger partial charge in [0.05, 0.1) is 23.5 Å². The molecular weight excluding hydrogens is 274 g/mol. The number of benzene rings is 1. The van der Waals surface area contributed by atoms with Gasteiger partial charge in [0.2, 0.25) is 0 Å². The van der Waals surface area contributed by atoms with Gasteiger partial charge in [-0.15, -0.1) is 0 Å². The molecule has 0 aliphatic carbocycles. The number of pyridine rings is 1. The van der Waals surface area contributed by atoms with E-state index in [0.29, 0.717) is 10.7 Å². The van der Waals surface area contributed by atoms with Gasteiger partial charge in [-0.05, 0) is 23.8 Å². The quantitative estimate of drug-likeness (QED) is 0.805. The van der Waals surface area contributed by atoms with Crippen LogP contribution in [0.2, 0.25) is 5.02 Å². The van der Waals surface area contributed by atoms with Crippen LogP contribution in [-0.4, -0.2) is 16.5 Å². The predicted molar refractivity (Wildman–Crippen MR) is 80.4 cm³/mol. The largest absolute Gasteiger partial charge is 0.497 e. The number of nitrogens with two attached hydrogens (primary N) is 1. The monoisotopic (exact) mass is 287 g/mol. The lowest BCUT2D eigenvalue weighted by Crippen LogP contribution is -1.91. The van der Waals surface area contributed by atoms with Crippen molar-refractivity contribution in [1.82, 2.24) is 9.38 Å². The first-order valence-corrected chi connectivity index (χ1v) is 6.59. The Morgan fingerprint density at radius 3 is 2.70 bits per heavy atom. The lowest BCUT2D eigenvalue weighted by atomic mass is 10.1. The fourth-order valence-corrected chi connectivity index (χ4v) is 2.40. The van der Waals surface area contributed by atoms with Crippen molar-refractivity contribution in [3.8, 4) is 5.75 Å². The third-order valence-electron chi connectivity index (χ3n) is 3.14. The van der Waals surface area contributed by atoms with Crippen molar-refractivity contribution < 1.29 is 4.74 Å². The average Bonchev–Trinajstić information content (AvgIpc) is 2.82. The highest BCUT2D eigenvalue weighted by molar-refractivity contribution is 6.30. The third kappa shape index (κ3) is 2.42. The Balaban J connectivity index is 1.92.